The zero-order chi connectivity index (χ0) is 30.1. The van der Waals surface area contributed by atoms with Crippen molar-refractivity contribution in [1.82, 2.24) is 4.98 Å². The minimum Gasteiger partial charge on any atom is -0.507 e. The number of fused-ring (bicyclic) bond motifs is 1. The summed E-state index contributed by atoms with van der Waals surface area (Å²) in [6, 6.07) is 24.2. The van der Waals surface area contributed by atoms with Crippen molar-refractivity contribution in [3.8, 4) is 17.2 Å². The maximum absolute atomic E-state index is 14.0. The summed E-state index contributed by atoms with van der Waals surface area (Å²) in [5, 5.41) is 11.6. The number of halogens is 1. The number of Topliss-reactive ketones (excluding diaryl/α,β-unsaturated/α-hetero) is 1. The first-order chi connectivity index (χ1) is 20.9. The second-order valence-corrected chi connectivity index (χ2v) is 10.7. The Morgan fingerprint density at radius 2 is 1.70 bits per heavy atom. The lowest BCUT2D eigenvalue weighted by Crippen LogP contribution is -2.29. The molecule has 43 heavy (non-hydrogen) atoms. The van der Waals surface area contributed by atoms with Crippen LogP contribution in [0, 0.1) is 5.82 Å². The molecule has 1 saturated heterocycles. The second kappa shape index (κ2) is 11.6. The number of nitrogens with zero attached hydrogens (tertiary/aromatic N) is 2. The Bertz CT molecular complexity index is 1870. The van der Waals surface area contributed by atoms with Crippen LogP contribution in [-0.4, -0.2) is 36.0 Å². The molecule has 1 amide bonds. The molecule has 2 heterocycles. The quantitative estimate of drug-likeness (QED) is 0.122. The second-order valence-electron chi connectivity index (χ2n) is 9.69. The van der Waals surface area contributed by atoms with E-state index in [1.165, 1.54) is 37.3 Å². The number of hydrogen-bond donors (Lipinski definition) is 1. The van der Waals surface area contributed by atoms with E-state index in [-0.39, 0.29) is 16.5 Å². The number of aliphatic hydroxyl groups is 1. The normalized spacial score (nSPS) is 16.1. The van der Waals surface area contributed by atoms with Crippen molar-refractivity contribution in [2.75, 3.05) is 19.1 Å². The molecule has 1 fully saturated rings. The Kier molecular flexibility index (Phi) is 7.52. The Morgan fingerprint density at radius 1 is 0.930 bits per heavy atom. The minimum absolute atomic E-state index is 0.124. The van der Waals surface area contributed by atoms with Crippen molar-refractivity contribution in [2.45, 2.75) is 12.6 Å². The zero-order valence-corrected chi connectivity index (χ0v) is 23.9. The number of methoxy groups -OCH3 is 2. The fraction of sp³-hybridized carbons (Fsp3) is 0.121. The van der Waals surface area contributed by atoms with Gasteiger partial charge in [0.25, 0.3) is 5.78 Å². The van der Waals surface area contributed by atoms with Gasteiger partial charge >= 0.3 is 5.91 Å². The Labute approximate surface area is 250 Å². The highest BCUT2D eigenvalue weighted by Gasteiger charge is 2.48. The first kappa shape index (κ1) is 27.9. The fourth-order valence-corrected chi connectivity index (χ4v) is 5.96. The summed E-state index contributed by atoms with van der Waals surface area (Å²) in [5.74, 6) is -1.17. The summed E-state index contributed by atoms with van der Waals surface area (Å²) in [7, 11) is 3.01. The molecule has 1 unspecified atom stereocenters. The van der Waals surface area contributed by atoms with Crippen molar-refractivity contribution < 1.29 is 33.3 Å². The van der Waals surface area contributed by atoms with E-state index in [1.54, 1.807) is 42.5 Å². The Morgan fingerprint density at radius 3 is 2.42 bits per heavy atom. The molecule has 1 atom stereocenters. The predicted octanol–water partition coefficient (Wildman–Crippen LogP) is 6.66. The van der Waals surface area contributed by atoms with E-state index >= 15 is 0 Å². The monoisotopic (exact) mass is 596 g/mol. The van der Waals surface area contributed by atoms with E-state index in [2.05, 4.69) is 4.98 Å². The van der Waals surface area contributed by atoms with Gasteiger partial charge in [0, 0.05) is 5.56 Å². The van der Waals surface area contributed by atoms with E-state index in [9.17, 15) is 19.1 Å². The van der Waals surface area contributed by atoms with E-state index in [0.29, 0.717) is 45.2 Å². The summed E-state index contributed by atoms with van der Waals surface area (Å²) in [5.41, 5.74) is 2.11. The highest BCUT2D eigenvalue weighted by molar-refractivity contribution is 7.22. The van der Waals surface area contributed by atoms with Gasteiger partial charge in [-0.1, -0.05) is 47.7 Å². The molecule has 6 rings (SSSR count). The molecule has 0 spiro atoms. The van der Waals surface area contributed by atoms with Crippen LogP contribution in [-0.2, 0) is 16.2 Å². The van der Waals surface area contributed by atoms with E-state index < -0.39 is 23.5 Å². The van der Waals surface area contributed by atoms with Crippen LogP contribution in [0.5, 0.6) is 17.2 Å². The van der Waals surface area contributed by atoms with Crippen LogP contribution in [0.4, 0.5) is 9.52 Å². The molecule has 1 aliphatic rings. The topological polar surface area (TPSA) is 98.2 Å². The van der Waals surface area contributed by atoms with Gasteiger partial charge in [-0.05, 0) is 65.7 Å². The molecular weight excluding hydrogens is 571 g/mol. The van der Waals surface area contributed by atoms with Gasteiger partial charge < -0.3 is 19.3 Å². The van der Waals surface area contributed by atoms with Gasteiger partial charge in [-0.15, -0.1) is 0 Å². The van der Waals surface area contributed by atoms with Crippen LogP contribution in [0.15, 0.2) is 96.6 Å². The van der Waals surface area contributed by atoms with E-state index in [4.69, 9.17) is 14.2 Å². The van der Waals surface area contributed by atoms with E-state index in [0.717, 1.165) is 16.9 Å². The Hall–Kier alpha value is -5.22. The average Bonchev–Trinajstić information content (AvgIpc) is 3.57. The largest absolute Gasteiger partial charge is 0.507 e. The van der Waals surface area contributed by atoms with Gasteiger partial charge in [0.05, 0.1) is 36.1 Å². The number of benzene rings is 4. The number of anilines is 1. The summed E-state index contributed by atoms with van der Waals surface area (Å²) in [4.78, 5) is 33.0. The molecule has 0 saturated carbocycles. The highest BCUT2D eigenvalue weighted by Crippen LogP contribution is 2.46. The van der Waals surface area contributed by atoms with Crippen LogP contribution in [0.1, 0.15) is 22.7 Å². The molecule has 1 N–H and O–H groups in total. The maximum Gasteiger partial charge on any atom is 0.301 e. The molecule has 0 radical (unpaired) electrons. The Balaban J connectivity index is 1.47. The number of aliphatic hydroxyl groups excluding tert-OH is 1. The van der Waals surface area contributed by atoms with Crippen LogP contribution in [0.2, 0.25) is 0 Å². The van der Waals surface area contributed by atoms with Crippen LogP contribution in [0.25, 0.3) is 16.0 Å². The number of hydrogen-bond acceptors (Lipinski definition) is 8. The maximum atomic E-state index is 14.0. The van der Waals surface area contributed by atoms with Crippen LogP contribution < -0.4 is 19.1 Å². The molecule has 10 heteroatoms. The molecule has 8 nitrogen and oxygen atoms in total. The number of thiazole rings is 1. The van der Waals surface area contributed by atoms with Gasteiger partial charge in [-0.3, -0.25) is 14.5 Å². The molecule has 0 aliphatic carbocycles. The molecule has 216 valence electrons. The number of carbonyl (C=O) groups excluding carboxylic acids is 2. The van der Waals surface area contributed by atoms with Crippen molar-refractivity contribution in [3.05, 3.63) is 119 Å². The molecule has 4 aromatic carbocycles. The van der Waals surface area contributed by atoms with Gasteiger partial charge in [0.2, 0.25) is 0 Å². The standard InChI is InChI=1S/C33H25FN2O6S/c1-40-23-12-8-20(9-13-23)30(37)28-29(21-10-15-25(26(16-21)41-2)42-18-19-6-4-3-5-7-19)36(32(39)31(28)38)33-35-24-14-11-22(34)17-27(24)43-33/h3-17,29,37H,18H2,1-2H3/b30-28+. The van der Waals surface area contributed by atoms with Crippen molar-refractivity contribution in [2.24, 2.45) is 0 Å². The number of aromatic nitrogens is 1. The third kappa shape index (κ3) is 5.28. The third-order valence-corrected chi connectivity index (χ3v) is 8.11. The third-order valence-electron chi connectivity index (χ3n) is 7.09. The predicted molar refractivity (Wildman–Crippen MR) is 161 cm³/mol. The molecule has 0 bridgehead atoms. The zero-order valence-electron chi connectivity index (χ0n) is 23.1. The highest BCUT2D eigenvalue weighted by atomic mass is 32.1. The summed E-state index contributed by atoms with van der Waals surface area (Å²) < 4.78 is 31.3. The van der Waals surface area contributed by atoms with E-state index in [1.807, 2.05) is 30.3 Å². The SMILES string of the molecule is COc1ccc(/C(O)=C2\C(=O)C(=O)N(c3nc4ccc(F)cc4s3)C2c2ccc(OCc3ccccc3)c(OC)c2)cc1. The summed E-state index contributed by atoms with van der Waals surface area (Å²) in [6.07, 6.45) is 0. The van der Waals surface area contributed by atoms with Gasteiger partial charge in [-0.25, -0.2) is 9.37 Å². The molecule has 5 aromatic rings. The average molecular weight is 597 g/mol. The first-order valence-electron chi connectivity index (χ1n) is 13.2. The molecular formula is C33H25FN2O6S. The van der Waals surface area contributed by atoms with Crippen LogP contribution in [0.3, 0.4) is 0 Å². The lowest BCUT2D eigenvalue weighted by atomic mass is 9.95. The van der Waals surface area contributed by atoms with Crippen molar-refractivity contribution in [1.29, 1.82) is 0 Å². The number of ether oxygens (including phenoxy) is 3. The minimum atomic E-state index is -1.07. The van der Waals surface area contributed by atoms with Crippen LogP contribution >= 0.6 is 11.3 Å². The number of carbonyl (C=O) groups is 2. The molecule has 1 aromatic heterocycles. The van der Waals surface area contributed by atoms with Crippen molar-refractivity contribution in [3.63, 3.8) is 0 Å². The summed E-state index contributed by atoms with van der Waals surface area (Å²) >= 11 is 1.07. The number of ketones is 1. The van der Waals surface area contributed by atoms with Gasteiger partial charge in [-0.2, -0.15) is 0 Å². The fourth-order valence-electron chi connectivity index (χ4n) is 4.95. The number of amides is 1. The first-order valence-corrected chi connectivity index (χ1v) is 14.1. The number of rotatable bonds is 8. The molecule has 1 aliphatic heterocycles. The summed E-state index contributed by atoms with van der Waals surface area (Å²) in [6.45, 7) is 0.300. The smallest absolute Gasteiger partial charge is 0.301 e. The lowest BCUT2D eigenvalue weighted by Gasteiger charge is -2.24. The van der Waals surface area contributed by atoms with Gasteiger partial charge in [0.15, 0.2) is 16.6 Å². The van der Waals surface area contributed by atoms with Gasteiger partial charge in [0.1, 0.15) is 23.9 Å². The lowest BCUT2D eigenvalue weighted by molar-refractivity contribution is -0.132. The van der Waals surface area contributed by atoms with Crippen molar-refractivity contribution >= 4 is 44.1 Å².